The molecule has 1 N–H and O–H groups in total. The normalized spacial score (nSPS) is 16.6. The van der Waals surface area contributed by atoms with Gasteiger partial charge in [0.05, 0.1) is 11.7 Å². The third-order valence-electron chi connectivity index (χ3n) is 3.85. The van der Waals surface area contributed by atoms with Crippen molar-refractivity contribution >= 4 is 16.5 Å². The van der Waals surface area contributed by atoms with E-state index in [1.807, 2.05) is 18.2 Å². The SMILES string of the molecule is CC1Nc2ccccc2Oc2c1ccc1ccccc21. The number of ether oxygens (including phenoxy) is 1. The Hall–Kier alpha value is -2.48. The quantitative estimate of drug-likeness (QED) is 0.606. The first-order chi connectivity index (χ1) is 9.83. The Morgan fingerprint density at radius 1 is 0.900 bits per heavy atom. The van der Waals surface area contributed by atoms with Crippen LogP contribution in [0, 0.1) is 0 Å². The Labute approximate surface area is 118 Å². The molecule has 0 amide bonds. The van der Waals surface area contributed by atoms with Crippen molar-refractivity contribution in [1.82, 2.24) is 0 Å². The Kier molecular flexibility index (Phi) is 2.43. The standard InChI is InChI=1S/C18H15NO/c1-12-14-11-10-13-6-2-3-7-15(13)18(14)20-17-9-5-4-8-16(17)19-12/h2-12,19H,1H3. The predicted octanol–water partition coefficient (Wildman–Crippen LogP) is 5.12. The van der Waals surface area contributed by atoms with Crippen LogP contribution in [0.3, 0.4) is 0 Å². The lowest BCUT2D eigenvalue weighted by Crippen LogP contribution is -2.04. The molecule has 2 nitrogen and oxygen atoms in total. The zero-order valence-corrected chi connectivity index (χ0v) is 11.3. The number of benzene rings is 3. The fourth-order valence-corrected chi connectivity index (χ4v) is 2.81. The molecule has 0 saturated carbocycles. The third kappa shape index (κ3) is 1.65. The number of para-hydroxylation sites is 2. The number of rotatable bonds is 0. The Morgan fingerprint density at radius 2 is 1.70 bits per heavy atom. The van der Waals surface area contributed by atoms with Crippen LogP contribution in [-0.2, 0) is 0 Å². The molecule has 98 valence electrons. The van der Waals surface area contributed by atoms with Gasteiger partial charge in [-0.25, -0.2) is 0 Å². The van der Waals surface area contributed by atoms with Gasteiger partial charge in [-0.05, 0) is 24.4 Å². The molecule has 0 spiro atoms. The summed E-state index contributed by atoms with van der Waals surface area (Å²) in [6, 6.07) is 21.0. The minimum atomic E-state index is 0.221. The average Bonchev–Trinajstić information content (AvgIpc) is 2.63. The van der Waals surface area contributed by atoms with E-state index in [9.17, 15) is 0 Å². The van der Waals surface area contributed by atoms with Crippen molar-refractivity contribution in [2.24, 2.45) is 0 Å². The predicted molar refractivity (Wildman–Crippen MR) is 82.5 cm³/mol. The number of fused-ring (bicyclic) bond motifs is 4. The maximum atomic E-state index is 6.22. The Balaban J connectivity index is 2.01. The second-order valence-corrected chi connectivity index (χ2v) is 5.17. The van der Waals surface area contributed by atoms with E-state index in [2.05, 4.69) is 54.7 Å². The van der Waals surface area contributed by atoms with E-state index in [0.29, 0.717) is 0 Å². The zero-order chi connectivity index (χ0) is 13.5. The molecular formula is C18H15NO. The highest BCUT2D eigenvalue weighted by Crippen LogP contribution is 2.43. The smallest absolute Gasteiger partial charge is 0.150 e. The number of hydrogen-bond donors (Lipinski definition) is 1. The van der Waals surface area contributed by atoms with Crippen LogP contribution < -0.4 is 10.1 Å². The van der Waals surface area contributed by atoms with Gasteiger partial charge in [-0.15, -0.1) is 0 Å². The maximum Gasteiger partial charge on any atom is 0.150 e. The van der Waals surface area contributed by atoms with Gasteiger partial charge in [0.25, 0.3) is 0 Å². The van der Waals surface area contributed by atoms with Crippen LogP contribution in [0.4, 0.5) is 5.69 Å². The molecule has 0 fully saturated rings. The van der Waals surface area contributed by atoms with E-state index in [1.54, 1.807) is 0 Å². The van der Waals surface area contributed by atoms with Crippen molar-refractivity contribution in [2.75, 3.05) is 5.32 Å². The highest BCUT2D eigenvalue weighted by Gasteiger charge is 2.21. The van der Waals surface area contributed by atoms with Gasteiger partial charge >= 0.3 is 0 Å². The summed E-state index contributed by atoms with van der Waals surface area (Å²) >= 11 is 0. The lowest BCUT2D eigenvalue weighted by molar-refractivity contribution is 0.488. The number of nitrogens with one attached hydrogen (secondary N) is 1. The summed E-state index contributed by atoms with van der Waals surface area (Å²) in [7, 11) is 0. The fourth-order valence-electron chi connectivity index (χ4n) is 2.81. The van der Waals surface area contributed by atoms with E-state index in [1.165, 1.54) is 10.9 Å². The monoisotopic (exact) mass is 261 g/mol. The van der Waals surface area contributed by atoms with Crippen LogP contribution in [0.5, 0.6) is 11.5 Å². The first-order valence-electron chi connectivity index (χ1n) is 6.88. The van der Waals surface area contributed by atoms with Crippen molar-refractivity contribution in [1.29, 1.82) is 0 Å². The van der Waals surface area contributed by atoms with Gasteiger partial charge in [0.2, 0.25) is 0 Å². The van der Waals surface area contributed by atoms with Gasteiger partial charge in [-0.3, -0.25) is 0 Å². The molecular weight excluding hydrogens is 246 g/mol. The second kappa shape index (κ2) is 4.27. The molecule has 0 saturated heterocycles. The summed E-state index contributed by atoms with van der Waals surface area (Å²) in [6.45, 7) is 2.17. The molecule has 0 radical (unpaired) electrons. The minimum Gasteiger partial charge on any atom is -0.454 e. The van der Waals surface area contributed by atoms with Crippen LogP contribution in [0.15, 0.2) is 60.7 Å². The highest BCUT2D eigenvalue weighted by atomic mass is 16.5. The van der Waals surface area contributed by atoms with Gasteiger partial charge < -0.3 is 10.1 Å². The van der Waals surface area contributed by atoms with Crippen molar-refractivity contribution in [2.45, 2.75) is 13.0 Å². The summed E-state index contributed by atoms with van der Waals surface area (Å²) < 4.78 is 6.22. The highest BCUT2D eigenvalue weighted by molar-refractivity contribution is 5.90. The molecule has 0 bridgehead atoms. The summed E-state index contributed by atoms with van der Waals surface area (Å²) in [6.07, 6.45) is 0. The molecule has 3 aromatic carbocycles. The van der Waals surface area contributed by atoms with Gasteiger partial charge in [-0.2, -0.15) is 0 Å². The van der Waals surface area contributed by atoms with E-state index in [4.69, 9.17) is 4.74 Å². The molecule has 0 aromatic heterocycles. The molecule has 1 unspecified atom stereocenters. The first kappa shape index (κ1) is 11.4. The van der Waals surface area contributed by atoms with Crippen LogP contribution in [-0.4, -0.2) is 0 Å². The van der Waals surface area contributed by atoms with Crippen molar-refractivity contribution in [3.63, 3.8) is 0 Å². The van der Waals surface area contributed by atoms with E-state index < -0.39 is 0 Å². The van der Waals surface area contributed by atoms with Crippen molar-refractivity contribution < 1.29 is 4.74 Å². The molecule has 20 heavy (non-hydrogen) atoms. The topological polar surface area (TPSA) is 21.3 Å². The lowest BCUT2D eigenvalue weighted by Gasteiger charge is -2.14. The molecule has 0 aliphatic carbocycles. The van der Waals surface area contributed by atoms with Crippen molar-refractivity contribution in [3.8, 4) is 11.5 Å². The lowest BCUT2D eigenvalue weighted by atomic mass is 10.0. The van der Waals surface area contributed by atoms with E-state index in [0.717, 1.165) is 22.6 Å². The molecule has 3 aromatic rings. The third-order valence-corrected chi connectivity index (χ3v) is 3.85. The zero-order valence-electron chi connectivity index (χ0n) is 11.3. The molecule has 4 rings (SSSR count). The van der Waals surface area contributed by atoms with Crippen molar-refractivity contribution in [3.05, 3.63) is 66.2 Å². The largest absolute Gasteiger partial charge is 0.454 e. The molecule has 1 atom stereocenters. The summed E-state index contributed by atoms with van der Waals surface area (Å²) in [5.41, 5.74) is 2.24. The average molecular weight is 261 g/mol. The van der Waals surface area contributed by atoms with Gasteiger partial charge in [-0.1, -0.05) is 48.5 Å². The summed E-state index contributed by atoms with van der Waals surface area (Å²) in [5, 5.41) is 5.89. The number of hydrogen-bond acceptors (Lipinski definition) is 2. The van der Waals surface area contributed by atoms with Crippen LogP contribution in [0.25, 0.3) is 10.8 Å². The number of anilines is 1. The van der Waals surface area contributed by atoms with Gasteiger partial charge in [0.15, 0.2) is 5.75 Å². The Bertz CT molecular complexity index is 794. The molecule has 1 heterocycles. The molecule has 2 heteroatoms. The van der Waals surface area contributed by atoms with E-state index >= 15 is 0 Å². The summed E-state index contributed by atoms with van der Waals surface area (Å²) in [5.74, 6) is 1.85. The van der Waals surface area contributed by atoms with Gasteiger partial charge in [0.1, 0.15) is 5.75 Å². The minimum absolute atomic E-state index is 0.221. The fraction of sp³-hybridized carbons (Fsp3) is 0.111. The maximum absolute atomic E-state index is 6.22. The van der Waals surface area contributed by atoms with Crippen LogP contribution in [0.1, 0.15) is 18.5 Å². The molecule has 1 aliphatic heterocycles. The Morgan fingerprint density at radius 3 is 2.65 bits per heavy atom. The summed E-state index contributed by atoms with van der Waals surface area (Å²) in [4.78, 5) is 0. The molecule has 1 aliphatic rings. The van der Waals surface area contributed by atoms with Crippen LogP contribution >= 0.6 is 0 Å². The first-order valence-corrected chi connectivity index (χ1v) is 6.88. The van der Waals surface area contributed by atoms with E-state index in [-0.39, 0.29) is 6.04 Å². The van der Waals surface area contributed by atoms with Crippen LogP contribution in [0.2, 0.25) is 0 Å². The second-order valence-electron chi connectivity index (χ2n) is 5.17. The van der Waals surface area contributed by atoms with Gasteiger partial charge in [0, 0.05) is 10.9 Å².